The molecule has 29 heavy (non-hydrogen) atoms. The summed E-state index contributed by atoms with van der Waals surface area (Å²) in [6.07, 6.45) is 13.3. The van der Waals surface area contributed by atoms with Gasteiger partial charge in [0.1, 0.15) is 0 Å². The van der Waals surface area contributed by atoms with Crippen LogP contribution in [-0.2, 0) is 9.31 Å². The molecular weight excluding hydrogens is 373 g/mol. The molecule has 4 rings (SSSR count). The van der Waals surface area contributed by atoms with Crippen molar-refractivity contribution in [3.8, 4) is 0 Å². The Morgan fingerprint density at radius 3 is 1.72 bits per heavy atom. The molecule has 1 heterocycles. The van der Waals surface area contributed by atoms with Crippen molar-refractivity contribution in [2.45, 2.75) is 114 Å². The molecule has 2 radical (unpaired) electrons. The molecule has 3 fully saturated rings. The summed E-state index contributed by atoms with van der Waals surface area (Å²) in [5, 5.41) is 1.40. The largest absolute Gasteiger partial charge is 0.498 e. The zero-order valence-corrected chi connectivity index (χ0v) is 19.8. The molecule has 0 bridgehead atoms. The van der Waals surface area contributed by atoms with E-state index in [2.05, 4.69) is 52.0 Å². The molecule has 2 nitrogen and oxygen atoms in total. The van der Waals surface area contributed by atoms with E-state index < -0.39 is 7.14 Å². The monoisotopic (exact) mass is 411 g/mol. The Morgan fingerprint density at radius 2 is 1.24 bits per heavy atom. The third kappa shape index (κ3) is 3.99. The second-order valence-electron chi connectivity index (χ2n) is 10.6. The van der Waals surface area contributed by atoms with Crippen LogP contribution in [0.5, 0.6) is 0 Å². The molecule has 0 spiro atoms. The first-order valence-corrected chi connectivity index (χ1v) is 13.9. The fourth-order valence-electron chi connectivity index (χ4n) is 5.72. The molecule has 2 saturated carbocycles. The van der Waals surface area contributed by atoms with E-state index in [1.807, 2.05) is 0 Å². The molecule has 0 aromatic heterocycles. The van der Waals surface area contributed by atoms with Crippen molar-refractivity contribution in [2.24, 2.45) is 0 Å². The number of benzene rings is 1. The van der Waals surface area contributed by atoms with Crippen LogP contribution in [0.1, 0.15) is 91.9 Å². The zero-order chi connectivity index (χ0) is 20.7. The van der Waals surface area contributed by atoms with Crippen LogP contribution in [0, 0.1) is 0 Å². The Bertz CT molecular complexity index is 675. The smallest absolute Gasteiger partial charge is 0.399 e. The van der Waals surface area contributed by atoms with Crippen molar-refractivity contribution in [1.29, 1.82) is 0 Å². The van der Waals surface area contributed by atoms with E-state index in [1.54, 1.807) is 0 Å². The highest BCUT2D eigenvalue weighted by Gasteiger charge is 2.56. The predicted molar refractivity (Wildman–Crippen MR) is 128 cm³/mol. The van der Waals surface area contributed by atoms with Gasteiger partial charge in [-0.05, 0) is 92.3 Å². The molecule has 0 amide bonds. The van der Waals surface area contributed by atoms with E-state index in [1.165, 1.54) is 75.0 Å². The fraction of sp³-hybridized carbons (Fsp3) is 0.750. The summed E-state index contributed by atoms with van der Waals surface area (Å²) >= 11 is 0. The summed E-state index contributed by atoms with van der Waals surface area (Å²) < 4.78 is 13.0. The van der Waals surface area contributed by atoms with Gasteiger partial charge in [0.25, 0.3) is 0 Å². The number of rotatable bonds is 4. The van der Waals surface area contributed by atoms with Gasteiger partial charge in [-0.1, -0.05) is 31.0 Å². The first kappa shape index (κ1) is 21.9. The van der Waals surface area contributed by atoms with Gasteiger partial charge in [-0.25, -0.2) is 0 Å². The standard InChI is InChI=1S/C24H38B2O2P/c1-23(2)24(3,4)28-26(27-23)21-17-11-12-18-22(21)29(25,19-13-7-5-8-14-19)20-15-9-6-10-16-20/h11-12,17-20H,5-10,13-16H2,1-4H3/q+1. The van der Waals surface area contributed by atoms with Crippen molar-refractivity contribution in [1.82, 2.24) is 0 Å². The summed E-state index contributed by atoms with van der Waals surface area (Å²) in [7, 11) is 5.55. The summed E-state index contributed by atoms with van der Waals surface area (Å²) in [6, 6.07) is 8.88. The Kier molecular flexibility index (Phi) is 6.29. The van der Waals surface area contributed by atoms with Crippen molar-refractivity contribution in [2.75, 3.05) is 0 Å². The van der Waals surface area contributed by atoms with E-state index >= 15 is 0 Å². The molecule has 2 aliphatic carbocycles. The maximum Gasteiger partial charge on any atom is 0.498 e. The second kappa shape index (κ2) is 8.33. The van der Waals surface area contributed by atoms with Gasteiger partial charge in [0.15, 0.2) is 0 Å². The van der Waals surface area contributed by atoms with Gasteiger partial charge in [0.2, 0.25) is 0 Å². The Hall–Kier alpha value is -0.300. The molecule has 3 aliphatic rings. The Morgan fingerprint density at radius 1 is 0.793 bits per heavy atom. The number of hydrogen-bond donors (Lipinski definition) is 0. The fourth-order valence-corrected chi connectivity index (χ4v) is 10.5. The van der Waals surface area contributed by atoms with Crippen molar-refractivity contribution in [3.63, 3.8) is 0 Å². The van der Waals surface area contributed by atoms with Gasteiger partial charge in [-0.15, -0.1) is 0 Å². The third-order valence-electron chi connectivity index (χ3n) is 8.22. The average Bonchev–Trinajstić information content (AvgIpc) is 2.96. The van der Waals surface area contributed by atoms with Crippen molar-refractivity contribution < 1.29 is 9.31 Å². The molecule has 0 atom stereocenters. The van der Waals surface area contributed by atoms with E-state index in [-0.39, 0.29) is 18.3 Å². The molecule has 1 aromatic rings. The van der Waals surface area contributed by atoms with Crippen LogP contribution in [0.2, 0.25) is 0 Å². The Labute approximate surface area is 180 Å². The topological polar surface area (TPSA) is 18.5 Å². The van der Waals surface area contributed by atoms with E-state index in [9.17, 15) is 0 Å². The summed E-state index contributed by atoms with van der Waals surface area (Å²) in [5.74, 6) is 0. The SMILES string of the molecule is [B][P+](c1ccccc1B1OC(C)(C)C(C)(C)O1)(C1CCCCC1)C1CCCCC1. The van der Waals surface area contributed by atoms with Gasteiger partial charge in [0, 0.05) is 5.46 Å². The van der Waals surface area contributed by atoms with Gasteiger partial charge < -0.3 is 9.31 Å². The lowest BCUT2D eigenvalue weighted by Gasteiger charge is -2.42. The third-order valence-corrected chi connectivity index (χ3v) is 12.9. The van der Waals surface area contributed by atoms with E-state index in [4.69, 9.17) is 16.9 Å². The maximum absolute atomic E-state index is 7.67. The molecular formula is C24H38B2O2P+. The predicted octanol–water partition coefficient (Wildman–Crippen LogP) is 5.38. The van der Waals surface area contributed by atoms with Gasteiger partial charge in [0.05, 0.1) is 27.8 Å². The van der Waals surface area contributed by atoms with Crippen LogP contribution in [0.25, 0.3) is 0 Å². The minimum Gasteiger partial charge on any atom is -0.399 e. The molecule has 1 aliphatic heterocycles. The lowest BCUT2D eigenvalue weighted by Crippen LogP contribution is -2.48. The van der Waals surface area contributed by atoms with E-state index in [0.29, 0.717) is 11.3 Å². The van der Waals surface area contributed by atoms with Crippen LogP contribution in [0.4, 0.5) is 0 Å². The van der Waals surface area contributed by atoms with Gasteiger partial charge in [-0.3, -0.25) is 0 Å². The first-order valence-electron chi connectivity index (χ1n) is 11.9. The number of hydrogen-bond acceptors (Lipinski definition) is 2. The van der Waals surface area contributed by atoms with Crippen molar-refractivity contribution >= 4 is 32.6 Å². The van der Waals surface area contributed by atoms with Crippen LogP contribution in [-0.4, -0.2) is 37.2 Å². The van der Waals surface area contributed by atoms with Crippen LogP contribution >= 0.6 is 7.14 Å². The highest BCUT2D eigenvalue weighted by Crippen LogP contribution is 2.67. The normalized spacial score (nSPS) is 26.0. The minimum atomic E-state index is -1.81. The molecule has 0 N–H and O–H groups in total. The molecule has 0 unspecified atom stereocenters. The molecule has 5 heteroatoms. The van der Waals surface area contributed by atoms with Crippen LogP contribution < -0.4 is 10.8 Å². The summed E-state index contributed by atoms with van der Waals surface area (Å²) in [4.78, 5) is 0. The van der Waals surface area contributed by atoms with Crippen LogP contribution in [0.3, 0.4) is 0 Å². The average molecular weight is 411 g/mol. The molecule has 156 valence electrons. The molecule has 1 aromatic carbocycles. The summed E-state index contributed by atoms with van der Waals surface area (Å²) in [5.41, 5.74) is 1.90. The zero-order valence-electron chi connectivity index (χ0n) is 19.0. The lowest BCUT2D eigenvalue weighted by molar-refractivity contribution is 0.00578. The minimum absolute atomic E-state index is 0.314. The van der Waals surface area contributed by atoms with E-state index in [0.717, 1.165) is 0 Å². The molecule has 1 saturated heterocycles. The van der Waals surface area contributed by atoms with Gasteiger partial charge in [-0.2, -0.15) is 0 Å². The van der Waals surface area contributed by atoms with Crippen LogP contribution in [0.15, 0.2) is 24.3 Å². The summed E-state index contributed by atoms with van der Waals surface area (Å²) in [6.45, 7) is 8.57. The highest BCUT2D eigenvalue weighted by atomic mass is 31.2. The lowest BCUT2D eigenvalue weighted by atomic mass is 9.79. The maximum atomic E-state index is 7.67. The first-order chi connectivity index (χ1) is 13.8. The van der Waals surface area contributed by atoms with Gasteiger partial charge >= 0.3 is 14.7 Å². The second-order valence-corrected chi connectivity index (χ2v) is 14.2. The van der Waals surface area contributed by atoms with Crippen molar-refractivity contribution in [3.05, 3.63) is 24.3 Å². The Balaban J connectivity index is 1.76. The quantitative estimate of drug-likeness (QED) is 0.490. The highest BCUT2D eigenvalue weighted by molar-refractivity contribution is 8.04.